The molecule has 0 bridgehead atoms. The summed E-state index contributed by atoms with van der Waals surface area (Å²) in [6.45, 7) is 25.2. The maximum atomic E-state index is 11.9. The minimum absolute atomic E-state index is 0. The summed E-state index contributed by atoms with van der Waals surface area (Å²) in [6, 6.07) is -1.26. The molecule has 8 N–H and O–H groups in total. The summed E-state index contributed by atoms with van der Waals surface area (Å²) in [5, 5.41) is 43.1. The van der Waals surface area contributed by atoms with Crippen molar-refractivity contribution in [3.05, 3.63) is 20.8 Å². The zero-order valence-electron chi connectivity index (χ0n) is 39.8. The van der Waals surface area contributed by atoms with E-state index in [0.29, 0.717) is 138 Å². The number of hydrogen-bond donors (Lipinski definition) is 8. The van der Waals surface area contributed by atoms with E-state index in [-0.39, 0.29) is 36.8 Å². The van der Waals surface area contributed by atoms with Crippen LogP contribution in [-0.4, -0.2) is 219 Å². The van der Waals surface area contributed by atoms with Crippen molar-refractivity contribution in [2.75, 3.05) is 138 Å². The van der Waals surface area contributed by atoms with Crippen molar-refractivity contribution >= 4 is 24.1 Å². The molecule has 0 unspecified atom stereocenters. The van der Waals surface area contributed by atoms with Gasteiger partial charge in [0, 0.05) is 33.2 Å². The monoisotopic (exact) mass is 933 g/mol. The molecule has 1 saturated heterocycles. The summed E-state index contributed by atoms with van der Waals surface area (Å²) in [5.41, 5.74) is -0.417. The molecule has 1 aliphatic heterocycles. The van der Waals surface area contributed by atoms with E-state index in [2.05, 4.69) is 47.4 Å². The average molecular weight is 933 g/mol. The number of alkyl carbamates (subject to hydrolysis) is 1. The van der Waals surface area contributed by atoms with Gasteiger partial charge in [-0.25, -0.2) is 14.4 Å². The van der Waals surface area contributed by atoms with Crippen LogP contribution in [0.5, 0.6) is 0 Å². The number of nitrogens with one attached hydrogen (secondary N) is 5. The van der Waals surface area contributed by atoms with Crippen molar-refractivity contribution in [2.45, 2.75) is 89.4 Å². The first-order chi connectivity index (χ1) is 30.7. The Balaban J connectivity index is 0. The summed E-state index contributed by atoms with van der Waals surface area (Å²) < 4.78 is 48.9. The van der Waals surface area contributed by atoms with Gasteiger partial charge in [-0.3, -0.25) is 4.79 Å². The predicted molar refractivity (Wildman–Crippen MR) is 236 cm³/mol. The van der Waals surface area contributed by atoms with E-state index in [0.717, 1.165) is 19.3 Å². The van der Waals surface area contributed by atoms with Gasteiger partial charge in [-0.1, -0.05) is 12.8 Å². The van der Waals surface area contributed by atoms with Crippen molar-refractivity contribution < 1.29 is 96.0 Å². The fourth-order valence-electron chi connectivity index (χ4n) is 5.49. The molecule has 0 aromatic carbocycles. The number of amides is 6. The number of hydrogen-bond acceptors (Lipinski definition) is 16. The molecular formula is C42H81LiN6O16-2. The molecule has 1 aliphatic rings. The first-order valence-corrected chi connectivity index (χ1v) is 22.0. The second-order valence-corrected chi connectivity index (χ2v) is 15.1. The third-order valence-corrected chi connectivity index (χ3v) is 8.62. The SMILES string of the molecule is [CH2-]CN(C[CH2-])C(=O)NCCOCCOCCOCCOCCOCCNC(=O)NCCOCCOCCCCC[C@H]1O[C@H](CO)[C@H](O)[C@H](O)[C@H]1NC(C)=O.[CH2-]CNC(=O)OC(C)(C)C.[Li+]. The number of urea groups is 2. The van der Waals surface area contributed by atoms with Gasteiger partial charge in [0.2, 0.25) is 5.91 Å². The van der Waals surface area contributed by atoms with Gasteiger partial charge in [-0.05, 0) is 33.6 Å². The van der Waals surface area contributed by atoms with Crippen LogP contribution in [0.3, 0.4) is 0 Å². The first kappa shape index (κ1) is 64.5. The summed E-state index contributed by atoms with van der Waals surface area (Å²) in [6.07, 6.45) is -1.39. The molecule has 65 heavy (non-hydrogen) atoms. The minimum Gasteiger partial charge on any atom is -0.444 e. The number of carbonyl (C=O) groups excluding carboxylic acids is 4. The van der Waals surface area contributed by atoms with Crippen molar-refractivity contribution in [3.63, 3.8) is 0 Å². The van der Waals surface area contributed by atoms with Crippen LogP contribution in [0.25, 0.3) is 0 Å². The van der Waals surface area contributed by atoms with Crippen LogP contribution in [0, 0.1) is 20.8 Å². The molecule has 1 rings (SSSR count). The van der Waals surface area contributed by atoms with E-state index in [1.807, 2.05) is 20.8 Å². The third kappa shape index (κ3) is 37.1. The summed E-state index contributed by atoms with van der Waals surface area (Å²) in [7, 11) is 0. The first-order valence-electron chi connectivity index (χ1n) is 22.0. The maximum absolute atomic E-state index is 11.9. The summed E-state index contributed by atoms with van der Waals surface area (Å²) in [5.74, 6) is -0.333. The topological polar surface area (TPSA) is 275 Å². The van der Waals surface area contributed by atoms with Crippen LogP contribution >= 0.6 is 0 Å². The molecule has 1 heterocycles. The Morgan fingerprint density at radius 1 is 0.615 bits per heavy atom. The number of unbranched alkanes of at least 4 members (excludes halogenated alkanes) is 2. The summed E-state index contributed by atoms with van der Waals surface area (Å²) >= 11 is 0. The van der Waals surface area contributed by atoms with E-state index in [9.17, 15) is 34.5 Å². The van der Waals surface area contributed by atoms with E-state index in [1.165, 1.54) is 11.8 Å². The Morgan fingerprint density at radius 3 is 1.48 bits per heavy atom. The van der Waals surface area contributed by atoms with Crippen LogP contribution < -0.4 is 45.4 Å². The smallest absolute Gasteiger partial charge is 0.444 e. The van der Waals surface area contributed by atoms with Crippen LogP contribution in [0.4, 0.5) is 14.4 Å². The number of ether oxygens (including phenoxy) is 9. The molecule has 378 valence electrons. The molecule has 6 amide bonds. The van der Waals surface area contributed by atoms with Gasteiger partial charge in [0.25, 0.3) is 0 Å². The second-order valence-electron chi connectivity index (χ2n) is 15.1. The normalized spacial score (nSPS) is 18.0. The van der Waals surface area contributed by atoms with Gasteiger partial charge in [0.05, 0.1) is 105 Å². The van der Waals surface area contributed by atoms with Crippen LogP contribution in [0.1, 0.15) is 53.4 Å². The van der Waals surface area contributed by atoms with Crippen LogP contribution in [0.15, 0.2) is 0 Å². The molecule has 0 saturated carbocycles. The van der Waals surface area contributed by atoms with Gasteiger partial charge in [-0.2, -0.15) is 0 Å². The Labute approximate surface area is 399 Å². The molecule has 0 aromatic rings. The molecule has 22 nitrogen and oxygen atoms in total. The van der Waals surface area contributed by atoms with Crippen molar-refractivity contribution in [3.8, 4) is 0 Å². The van der Waals surface area contributed by atoms with Gasteiger partial charge < -0.3 is 110 Å². The molecule has 1 fully saturated rings. The van der Waals surface area contributed by atoms with Crippen LogP contribution in [-0.2, 0) is 47.4 Å². The number of nitrogens with zero attached hydrogens (tertiary/aromatic N) is 1. The maximum Gasteiger partial charge on any atom is 1.00 e. The molecule has 0 spiro atoms. The van der Waals surface area contributed by atoms with Crippen molar-refractivity contribution in [1.82, 2.24) is 31.5 Å². The van der Waals surface area contributed by atoms with Gasteiger partial charge in [-0.15, -0.1) is 19.6 Å². The van der Waals surface area contributed by atoms with Gasteiger partial charge in [0.15, 0.2) is 0 Å². The van der Waals surface area contributed by atoms with E-state index >= 15 is 0 Å². The Hall–Kier alpha value is -2.56. The Kier molecular flexibility index (Phi) is 42.5. The Bertz CT molecular complexity index is 1180. The molecular weight excluding hydrogens is 851 g/mol. The van der Waals surface area contributed by atoms with E-state index in [1.54, 1.807) is 0 Å². The molecule has 5 atom stereocenters. The standard InChI is InChI=1S/C35H67N5O14.C7H14NO2.Li/c1-4-40(5-2)35(46)38-12-16-50-20-22-52-24-26-53-25-23-51-21-19-49-15-11-37-34(45)36-10-14-48-18-17-47-13-8-6-7-9-29-31(39-28(3)42)33(44)32(43)30(27-41)54-29;1-5-8-6(9)10-7(2,3)4;/h29-33,41,43-44H,1-2,4-27H2,3H3,(H,38,46)(H,39,42)(H2,36,37,45);1,5H2,2-4H3,(H,8,9);/q-2;-1;+1/t29-,30-,31+,32+,33-;;/m1../s1. The van der Waals surface area contributed by atoms with E-state index < -0.39 is 48.8 Å². The Morgan fingerprint density at radius 2 is 1.06 bits per heavy atom. The predicted octanol–water partition coefficient (Wildman–Crippen LogP) is -3.02. The molecule has 0 aromatic heterocycles. The third-order valence-electron chi connectivity index (χ3n) is 8.62. The zero-order chi connectivity index (χ0) is 47.9. The summed E-state index contributed by atoms with van der Waals surface area (Å²) in [4.78, 5) is 47.3. The van der Waals surface area contributed by atoms with E-state index in [4.69, 9.17) is 42.6 Å². The van der Waals surface area contributed by atoms with Crippen molar-refractivity contribution in [2.24, 2.45) is 0 Å². The fraction of sp³-hybridized carbons (Fsp3) is 0.833. The minimum atomic E-state index is -1.28. The average Bonchev–Trinajstić information content (AvgIpc) is 3.24. The number of rotatable bonds is 35. The second kappa shape index (κ2) is 42.8. The quantitative estimate of drug-likeness (QED) is 0.0179. The van der Waals surface area contributed by atoms with Gasteiger partial charge >= 0.3 is 37.0 Å². The largest absolute Gasteiger partial charge is 1.00 e. The van der Waals surface area contributed by atoms with Crippen molar-refractivity contribution in [1.29, 1.82) is 0 Å². The molecule has 0 radical (unpaired) electrons. The number of aliphatic hydroxyl groups excluding tert-OH is 3. The van der Waals surface area contributed by atoms with Gasteiger partial charge in [0.1, 0.15) is 23.9 Å². The number of carbonyl (C=O) groups is 4. The fourth-order valence-corrected chi connectivity index (χ4v) is 5.49. The number of aliphatic hydroxyl groups is 3. The molecule has 23 heteroatoms. The molecule has 0 aliphatic carbocycles. The van der Waals surface area contributed by atoms with Crippen LogP contribution in [0.2, 0.25) is 0 Å². The zero-order valence-corrected chi connectivity index (χ0v) is 39.8.